The van der Waals surface area contributed by atoms with E-state index < -0.39 is 0 Å². The molecule has 0 bridgehead atoms. The monoisotopic (exact) mass is 448 g/mol. The molecular weight excluding hydrogens is 428 g/mol. The lowest BCUT2D eigenvalue weighted by molar-refractivity contribution is 0.0787. The summed E-state index contributed by atoms with van der Waals surface area (Å²) in [6, 6.07) is 13.9. The van der Waals surface area contributed by atoms with E-state index in [0.717, 1.165) is 53.2 Å². The molecule has 1 fully saturated rings. The van der Waals surface area contributed by atoms with Gasteiger partial charge in [-0.2, -0.15) is 0 Å². The van der Waals surface area contributed by atoms with Gasteiger partial charge in [0.15, 0.2) is 11.0 Å². The minimum absolute atomic E-state index is 0.0383. The molecule has 3 aromatic heterocycles. The summed E-state index contributed by atoms with van der Waals surface area (Å²) in [7, 11) is 0. The number of pyridine rings is 1. The minimum atomic E-state index is 0.0383. The average Bonchev–Trinajstić information content (AvgIpc) is 3.59. The summed E-state index contributed by atoms with van der Waals surface area (Å²) in [5.41, 5.74) is 2.43. The van der Waals surface area contributed by atoms with E-state index in [1.54, 1.807) is 24.2 Å². The molecule has 0 N–H and O–H groups in total. The van der Waals surface area contributed by atoms with E-state index in [9.17, 15) is 4.79 Å². The van der Waals surface area contributed by atoms with E-state index in [1.165, 1.54) is 11.3 Å². The molecular formula is C22H20N6OS2. The van der Waals surface area contributed by atoms with E-state index in [4.69, 9.17) is 0 Å². The molecule has 1 aliphatic rings. The largest absolute Gasteiger partial charge is 0.337 e. The number of thiazole rings is 1. The van der Waals surface area contributed by atoms with Crippen molar-refractivity contribution in [3.63, 3.8) is 0 Å². The molecule has 1 amide bonds. The average molecular weight is 449 g/mol. The second-order valence-electron chi connectivity index (χ2n) is 7.13. The van der Waals surface area contributed by atoms with Crippen LogP contribution in [0.2, 0.25) is 0 Å². The highest BCUT2D eigenvalue weighted by atomic mass is 32.2. The molecule has 0 radical (unpaired) electrons. The Bertz CT molecular complexity index is 1170. The van der Waals surface area contributed by atoms with E-state index >= 15 is 0 Å². The van der Waals surface area contributed by atoms with Gasteiger partial charge in [-0.3, -0.25) is 14.3 Å². The number of aromatic nitrogens is 5. The first kappa shape index (κ1) is 19.9. The Morgan fingerprint density at radius 1 is 1.06 bits per heavy atom. The van der Waals surface area contributed by atoms with Crippen LogP contribution in [-0.2, 0) is 5.75 Å². The van der Waals surface area contributed by atoms with Crippen LogP contribution in [0.1, 0.15) is 28.3 Å². The molecule has 0 spiro atoms. The fraction of sp³-hybridized carbons (Fsp3) is 0.227. The maximum absolute atomic E-state index is 12.6. The Morgan fingerprint density at radius 3 is 2.68 bits per heavy atom. The van der Waals surface area contributed by atoms with Gasteiger partial charge in [-0.25, -0.2) is 4.98 Å². The maximum Gasteiger partial charge on any atom is 0.273 e. The lowest BCUT2D eigenvalue weighted by atomic mass is 10.2. The van der Waals surface area contributed by atoms with Gasteiger partial charge in [-0.1, -0.05) is 30.0 Å². The number of carbonyl (C=O) groups is 1. The fourth-order valence-electron chi connectivity index (χ4n) is 3.54. The Kier molecular flexibility index (Phi) is 5.77. The first-order valence-electron chi connectivity index (χ1n) is 10.1. The van der Waals surface area contributed by atoms with Crippen molar-refractivity contribution in [1.82, 2.24) is 29.6 Å². The molecule has 1 aliphatic heterocycles. The minimum Gasteiger partial charge on any atom is -0.337 e. The van der Waals surface area contributed by atoms with Crippen LogP contribution in [0, 0.1) is 0 Å². The highest BCUT2D eigenvalue weighted by molar-refractivity contribution is 7.98. The zero-order valence-corrected chi connectivity index (χ0v) is 18.4. The first-order valence-corrected chi connectivity index (χ1v) is 11.9. The summed E-state index contributed by atoms with van der Waals surface area (Å²) in [4.78, 5) is 23.2. The third kappa shape index (κ3) is 4.24. The molecule has 0 unspecified atom stereocenters. The molecule has 4 heterocycles. The van der Waals surface area contributed by atoms with Crippen LogP contribution in [0.5, 0.6) is 0 Å². The second-order valence-corrected chi connectivity index (χ2v) is 9.02. The van der Waals surface area contributed by atoms with Crippen LogP contribution >= 0.6 is 23.1 Å². The molecule has 4 aromatic rings. The van der Waals surface area contributed by atoms with Crippen molar-refractivity contribution < 1.29 is 4.79 Å². The van der Waals surface area contributed by atoms with E-state index in [0.29, 0.717) is 11.4 Å². The van der Waals surface area contributed by atoms with Gasteiger partial charge in [0.05, 0.1) is 5.75 Å². The summed E-state index contributed by atoms with van der Waals surface area (Å²) >= 11 is 3.07. The van der Waals surface area contributed by atoms with Crippen molar-refractivity contribution in [2.75, 3.05) is 13.1 Å². The molecule has 1 saturated heterocycles. The fourth-order valence-corrected chi connectivity index (χ4v) is 5.28. The number of carbonyl (C=O) groups excluding carboxylic acids is 1. The predicted octanol–water partition coefficient (Wildman–Crippen LogP) is 4.31. The van der Waals surface area contributed by atoms with Crippen LogP contribution in [0.3, 0.4) is 0 Å². The van der Waals surface area contributed by atoms with Crippen LogP contribution in [-0.4, -0.2) is 48.6 Å². The molecule has 5 rings (SSSR count). The van der Waals surface area contributed by atoms with Crippen molar-refractivity contribution in [1.29, 1.82) is 0 Å². The number of hydrogen-bond donors (Lipinski definition) is 0. The number of nitrogens with zero attached hydrogens (tertiary/aromatic N) is 6. The van der Waals surface area contributed by atoms with Crippen LogP contribution in [0.4, 0.5) is 0 Å². The Hall–Kier alpha value is -3.04. The van der Waals surface area contributed by atoms with Crippen LogP contribution in [0.25, 0.3) is 17.1 Å². The summed E-state index contributed by atoms with van der Waals surface area (Å²) < 4.78 is 2.03. The van der Waals surface area contributed by atoms with Crippen LogP contribution in [0.15, 0.2) is 65.4 Å². The molecule has 0 atom stereocenters. The summed E-state index contributed by atoms with van der Waals surface area (Å²) in [5, 5.41) is 12.4. The Labute approximate surface area is 188 Å². The molecule has 156 valence electrons. The smallest absolute Gasteiger partial charge is 0.273 e. The van der Waals surface area contributed by atoms with Crippen molar-refractivity contribution >= 4 is 29.0 Å². The number of amides is 1. The standard InChI is InChI=1S/C22H20N6OS2/c29-21(27-11-4-5-12-27)18-14-30-19(24-18)15-31-22-26-25-20(16-7-6-10-23-13-16)28(22)17-8-2-1-3-9-17/h1-3,6-10,13-14H,4-5,11-12,15H2. The van der Waals surface area contributed by atoms with Gasteiger partial charge in [0.1, 0.15) is 10.7 Å². The summed E-state index contributed by atoms with van der Waals surface area (Å²) in [6.45, 7) is 1.66. The van der Waals surface area contributed by atoms with Crippen molar-refractivity contribution in [2.45, 2.75) is 23.8 Å². The molecule has 9 heteroatoms. The third-order valence-corrected chi connectivity index (χ3v) is 7.03. The second kappa shape index (κ2) is 8.99. The van der Waals surface area contributed by atoms with E-state index in [-0.39, 0.29) is 5.91 Å². The number of para-hydroxylation sites is 1. The van der Waals surface area contributed by atoms with E-state index in [1.807, 2.05) is 57.3 Å². The summed E-state index contributed by atoms with van der Waals surface area (Å²) in [6.07, 6.45) is 5.68. The molecule has 1 aromatic carbocycles. The highest BCUT2D eigenvalue weighted by Gasteiger charge is 2.22. The van der Waals surface area contributed by atoms with E-state index in [2.05, 4.69) is 20.2 Å². The highest BCUT2D eigenvalue weighted by Crippen LogP contribution is 2.30. The Morgan fingerprint density at radius 2 is 1.90 bits per heavy atom. The zero-order chi connectivity index (χ0) is 21.0. The van der Waals surface area contributed by atoms with Crippen molar-refractivity contribution in [2.24, 2.45) is 0 Å². The van der Waals surface area contributed by atoms with Gasteiger partial charge < -0.3 is 4.90 Å². The topological polar surface area (TPSA) is 76.8 Å². The molecule has 0 aliphatic carbocycles. The number of rotatable bonds is 6. The normalized spacial score (nSPS) is 13.6. The van der Waals surface area contributed by atoms with Gasteiger partial charge in [0.25, 0.3) is 5.91 Å². The van der Waals surface area contributed by atoms with Crippen LogP contribution < -0.4 is 0 Å². The SMILES string of the molecule is O=C(c1csc(CSc2nnc(-c3cccnc3)n2-c2ccccc2)n1)N1CCCC1. The first-order chi connectivity index (χ1) is 15.3. The van der Waals surface area contributed by atoms with Gasteiger partial charge in [0.2, 0.25) is 0 Å². The van der Waals surface area contributed by atoms with Gasteiger partial charge >= 0.3 is 0 Å². The number of hydrogen-bond acceptors (Lipinski definition) is 7. The lowest BCUT2D eigenvalue weighted by Gasteiger charge is -2.12. The Balaban J connectivity index is 1.39. The molecule has 7 nitrogen and oxygen atoms in total. The predicted molar refractivity (Wildman–Crippen MR) is 121 cm³/mol. The quantitative estimate of drug-likeness (QED) is 0.409. The maximum atomic E-state index is 12.6. The third-order valence-electron chi connectivity index (χ3n) is 5.06. The molecule has 31 heavy (non-hydrogen) atoms. The van der Waals surface area contributed by atoms with Gasteiger partial charge in [-0.05, 0) is 37.1 Å². The van der Waals surface area contributed by atoms with Crippen molar-refractivity contribution in [3.8, 4) is 17.1 Å². The lowest BCUT2D eigenvalue weighted by Crippen LogP contribution is -2.27. The number of benzene rings is 1. The zero-order valence-electron chi connectivity index (χ0n) is 16.7. The number of thioether (sulfide) groups is 1. The number of likely N-dealkylation sites (tertiary alicyclic amines) is 1. The van der Waals surface area contributed by atoms with Gasteiger partial charge in [-0.15, -0.1) is 21.5 Å². The molecule has 0 saturated carbocycles. The summed E-state index contributed by atoms with van der Waals surface area (Å²) in [5.74, 6) is 1.40. The van der Waals surface area contributed by atoms with Crippen molar-refractivity contribution in [3.05, 3.63) is 70.9 Å². The van der Waals surface area contributed by atoms with Gasteiger partial charge in [0, 0.05) is 42.1 Å².